The zero-order valence-electron chi connectivity index (χ0n) is 6.92. The van der Waals surface area contributed by atoms with Gasteiger partial charge in [-0.2, -0.15) is 13.2 Å². The Hall–Kier alpha value is -1.72. The van der Waals surface area contributed by atoms with E-state index in [2.05, 4.69) is 4.98 Å². The third kappa shape index (κ3) is 1.19. The Morgan fingerprint density at radius 1 is 1.36 bits per heavy atom. The number of rotatable bonds is 0. The van der Waals surface area contributed by atoms with Crippen LogP contribution in [0.25, 0.3) is 11.0 Å². The number of nitrogens with zero attached hydrogens (tertiary/aromatic N) is 2. The first kappa shape index (κ1) is 8.86. The number of aromatic nitrogens is 2. The van der Waals surface area contributed by atoms with Crippen molar-refractivity contribution in [2.45, 2.75) is 6.18 Å². The van der Waals surface area contributed by atoms with E-state index < -0.39 is 11.7 Å². The summed E-state index contributed by atoms with van der Waals surface area (Å²) >= 11 is 0. The smallest absolute Gasteiger partial charge is 0.339 e. The van der Waals surface area contributed by atoms with Crippen LogP contribution in [0.1, 0.15) is 5.56 Å². The molecule has 0 aliphatic rings. The summed E-state index contributed by atoms with van der Waals surface area (Å²) in [5.41, 5.74) is -0.669. The molecule has 0 bridgehead atoms. The SMILES string of the molecule is Nn1cc(C(F)(F)F)c2ncccc21. The predicted molar refractivity (Wildman–Crippen MR) is 44.9 cm³/mol. The van der Waals surface area contributed by atoms with Crippen LogP contribution in [0, 0.1) is 0 Å². The van der Waals surface area contributed by atoms with Gasteiger partial charge in [0.05, 0.1) is 5.52 Å². The van der Waals surface area contributed by atoms with Crippen molar-refractivity contribution in [3.63, 3.8) is 0 Å². The summed E-state index contributed by atoms with van der Waals surface area (Å²) in [6.45, 7) is 0. The van der Waals surface area contributed by atoms with E-state index in [4.69, 9.17) is 5.84 Å². The number of nitrogens with two attached hydrogens (primary N) is 1. The minimum Gasteiger partial charge on any atom is -0.339 e. The van der Waals surface area contributed by atoms with Gasteiger partial charge in [0.2, 0.25) is 0 Å². The maximum Gasteiger partial charge on any atom is 0.420 e. The van der Waals surface area contributed by atoms with Gasteiger partial charge in [-0.05, 0) is 12.1 Å². The van der Waals surface area contributed by atoms with Gasteiger partial charge in [-0.1, -0.05) is 0 Å². The van der Waals surface area contributed by atoms with Crippen molar-refractivity contribution >= 4 is 11.0 Å². The van der Waals surface area contributed by atoms with Crippen LogP contribution < -0.4 is 5.84 Å². The molecule has 2 heterocycles. The van der Waals surface area contributed by atoms with Crippen LogP contribution in [-0.4, -0.2) is 9.66 Å². The molecule has 2 rings (SSSR count). The average Bonchev–Trinajstić information content (AvgIpc) is 2.44. The second-order valence-electron chi connectivity index (χ2n) is 2.82. The van der Waals surface area contributed by atoms with E-state index in [-0.39, 0.29) is 11.0 Å². The van der Waals surface area contributed by atoms with Crippen LogP contribution in [-0.2, 0) is 6.18 Å². The van der Waals surface area contributed by atoms with Crippen molar-refractivity contribution in [2.24, 2.45) is 0 Å². The van der Waals surface area contributed by atoms with Gasteiger partial charge in [-0.15, -0.1) is 0 Å². The first-order valence-corrected chi connectivity index (χ1v) is 3.78. The molecule has 0 aliphatic carbocycles. The fraction of sp³-hybridized carbons (Fsp3) is 0.125. The Kier molecular flexibility index (Phi) is 1.67. The van der Waals surface area contributed by atoms with Crippen LogP contribution in [0.5, 0.6) is 0 Å². The first-order valence-electron chi connectivity index (χ1n) is 3.78. The third-order valence-electron chi connectivity index (χ3n) is 1.89. The Labute approximate surface area is 76.9 Å². The monoisotopic (exact) mass is 201 g/mol. The lowest BCUT2D eigenvalue weighted by atomic mass is 10.2. The van der Waals surface area contributed by atoms with Crippen LogP contribution in [0.4, 0.5) is 13.2 Å². The Bertz CT molecular complexity index is 472. The summed E-state index contributed by atoms with van der Waals surface area (Å²) in [6.07, 6.45) is -2.29. The van der Waals surface area contributed by atoms with Crippen molar-refractivity contribution in [1.82, 2.24) is 9.66 Å². The van der Waals surface area contributed by atoms with Crippen molar-refractivity contribution in [2.75, 3.05) is 5.84 Å². The number of fused-ring (bicyclic) bond motifs is 1. The Morgan fingerprint density at radius 3 is 2.71 bits per heavy atom. The lowest BCUT2D eigenvalue weighted by Gasteiger charge is -2.02. The highest BCUT2D eigenvalue weighted by molar-refractivity contribution is 5.80. The van der Waals surface area contributed by atoms with Crippen LogP contribution in [0.15, 0.2) is 24.5 Å². The van der Waals surface area contributed by atoms with Gasteiger partial charge < -0.3 is 5.84 Å². The molecule has 14 heavy (non-hydrogen) atoms. The normalized spacial score (nSPS) is 12.2. The zero-order valence-corrected chi connectivity index (χ0v) is 6.92. The van der Waals surface area contributed by atoms with Gasteiger partial charge in [0, 0.05) is 12.4 Å². The van der Waals surface area contributed by atoms with E-state index in [0.29, 0.717) is 0 Å². The molecular weight excluding hydrogens is 195 g/mol. The summed E-state index contributed by atoms with van der Waals surface area (Å²) in [5, 5.41) is 0. The maximum absolute atomic E-state index is 12.4. The molecule has 0 aromatic carbocycles. The zero-order chi connectivity index (χ0) is 10.3. The molecule has 0 amide bonds. The number of hydrogen-bond acceptors (Lipinski definition) is 2. The maximum atomic E-state index is 12.4. The molecule has 2 aromatic rings. The minimum atomic E-state index is -4.42. The lowest BCUT2D eigenvalue weighted by Crippen LogP contribution is -2.07. The summed E-state index contributed by atoms with van der Waals surface area (Å²) in [4.78, 5) is 3.65. The van der Waals surface area contributed by atoms with E-state index >= 15 is 0 Å². The van der Waals surface area contributed by atoms with Crippen molar-refractivity contribution in [3.8, 4) is 0 Å². The first-order chi connectivity index (χ1) is 6.50. The molecule has 74 valence electrons. The number of nitrogen functional groups attached to an aromatic ring is 1. The number of hydrogen-bond donors (Lipinski definition) is 1. The molecule has 0 spiro atoms. The number of halogens is 3. The Morgan fingerprint density at radius 2 is 2.07 bits per heavy atom. The lowest BCUT2D eigenvalue weighted by molar-refractivity contribution is -0.136. The summed E-state index contributed by atoms with van der Waals surface area (Å²) in [7, 11) is 0. The van der Waals surface area contributed by atoms with Crippen molar-refractivity contribution in [1.29, 1.82) is 0 Å². The van der Waals surface area contributed by atoms with Gasteiger partial charge in [0.15, 0.2) is 0 Å². The van der Waals surface area contributed by atoms with E-state index in [1.165, 1.54) is 18.3 Å². The minimum absolute atomic E-state index is 0.123. The molecule has 0 saturated heterocycles. The molecule has 0 fully saturated rings. The summed E-state index contributed by atoms with van der Waals surface area (Å²) in [5.74, 6) is 5.35. The summed E-state index contributed by atoms with van der Waals surface area (Å²) < 4.78 is 38.2. The standard InChI is InChI=1S/C8H6F3N3/c9-8(10,11)5-4-14(12)6-2-1-3-13-7(5)6/h1-4H,12H2. The van der Waals surface area contributed by atoms with Crippen molar-refractivity contribution < 1.29 is 13.2 Å². The van der Waals surface area contributed by atoms with Crippen molar-refractivity contribution in [3.05, 3.63) is 30.1 Å². The highest BCUT2D eigenvalue weighted by Gasteiger charge is 2.35. The van der Waals surface area contributed by atoms with Gasteiger partial charge in [0.1, 0.15) is 11.1 Å². The van der Waals surface area contributed by atoms with E-state index in [1.54, 1.807) is 0 Å². The van der Waals surface area contributed by atoms with Gasteiger partial charge in [-0.3, -0.25) is 9.66 Å². The van der Waals surface area contributed by atoms with Gasteiger partial charge in [0.25, 0.3) is 0 Å². The molecule has 2 N–H and O–H groups in total. The largest absolute Gasteiger partial charge is 0.420 e. The molecule has 0 unspecified atom stereocenters. The third-order valence-corrected chi connectivity index (χ3v) is 1.89. The van der Waals surface area contributed by atoms with E-state index in [9.17, 15) is 13.2 Å². The van der Waals surface area contributed by atoms with E-state index in [1.807, 2.05) is 0 Å². The Balaban J connectivity index is 2.80. The summed E-state index contributed by atoms with van der Waals surface area (Å²) in [6, 6.07) is 3.02. The average molecular weight is 201 g/mol. The predicted octanol–water partition coefficient (Wildman–Crippen LogP) is 1.77. The quantitative estimate of drug-likeness (QED) is 0.660. The van der Waals surface area contributed by atoms with Gasteiger partial charge >= 0.3 is 6.18 Å². The second kappa shape index (κ2) is 2.63. The molecule has 0 aliphatic heterocycles. The molecule has 0 radical (unpaired) electrons. The highest BCUT2D eigenvalue weighted by Crippen LogP contribution is 2.34. The van der Waals surface area contributed by atoms with E-state index in [0.717, 1.165) is 10.9 Å². The number of alkyl halides is 3. The van der Waals surface area contributed by atoms with Crippen LogP contribution in [0.3, 0.4) is 0 Å². The molecule has 0 saturated carbocycles. The second-order valence-corrected chi connectivity index (χ2v) is 2.82. The molecule has 0 atom stereocenters. The fourth-order valence-corrected chi connectivity index (χ4v) is 1.29. The van der Waals surface area contributed by atoms with Gasteiger partial charge in [-0.25, -0.2) is 0 Å². The molecular formula is C8H6F3N3. The van der Waals surface area contributed by atoms with Crippen LogP contribution in [0.2, 0.25) is 0 Å². The topological polar surface area (TPSA) is 43.8 Å². The molecule has 3 nitrogen and oxygen atoms in total. The fourth-order valence-electron chi connectivity index (χ4n) is 1.29. The molecule has 6 heteroatoms. The molecule has 2 aromatic heterocycles. The van der Waals surface area contributed by atoms with Crippen LogP contribution >= 0.6 is 0 Å². The number of pyridine rings is 1. The highest BCUT2D eigenvalue weighted by atomic mass is 19.4.